The zero-order valence-electron chi connectivity index (χ0n) is 12.5. The molecule has 0 saturated heterocycles. The summed E-state index contributed by atoms with van der Waals surface area (Å²) in [6, 6.07) is 0. The summed E-state index contributed by atoms with van der Waals surface area (Å²) in [6.45, 7) is 0. The first-order valence-electron chi connectivity index (χ1n) is 6.14. The third kappa shape index (κ3) is 3.88. The first-order chi connectivity index (χ1) is 12.2. The molecule has 0 amide bonds. The van der Waals surface area contributed by atoms with E-state index in [-0.39, 0.29) is 0 Å². The molecule has 0 nitrogen and oxygen atoms in total. The van der Waals surface area contributed by atoms with Crippen molar-refractivity contribution in [2.75, 3.05) is 0 Å². The Labute approximate surface area is 145 Å². The quantitative estimate of drug-likeness (QED) is 0.339. The highest BCUT2D eigenvalue weighted by atomic mass is 19.4. The van der Waals surface area contributed by atoms with Gasteiger partial charge >= 0.3 is 54.1 Å². The minimum Gasteiger partial charge on any atom is -0.203 e. The molecule has 0 N–H and O–H groups in total. The Morgan fingerprint density at radius 2 is 0.690 bits per heavy atom. The summed E-state index contributed by atoms with van der Waals surface area (Å²) in [4.78, 5) is 0. The van der Waals surface area contributed by atoms with Crippen LogP contribution in [0, 0.1) is 0 Å². The fourth-order valence-electron chi connectivity index (χ4n) is 1.48. The molecule has 0 heterocycles. The van der Waals surface area contributed by atoms with Crippen molar-refractivity contribution in [3.05, 3.63) is 0 Å². The van der Waals surface area contributed by atoms with Crippen LogP contribution in [0.1, 0.15) is 6.42 Å². The molecule has 0 fully saturated rings. The van der Waals surface area contributed by atoms with Gasteiger partial charge in [-0.3, -0.25) is 0 Å². The van der Waals surface area contributed by atoms with Crippen molar-refractivity contribution in [3.8, 4) is 0 Å². The van der Waals surface area contributed by atoms with Gasteiger partial charge < -0.3 is 0 Å². The summed E-state index contributed by atoms with van der Waals surface area (Å²) >= 11 is 0. The van der Waals surface area contributed by atoms with Crippen molar-refractivity contribution in [3.63, 3.8) is 0 Å². The average Bonchev–Trinajstić information content (AvgIpc) is 2.43. The summed E-state index contributed by atoms with van der Waals surface area (Å²) in [7, 11) is 0. The topological polar surface area (TPSA) is 0 Å². The molecular formula is C10H3F19. The number of halogens is 19. The highest BCUT2D eigenvalue weighted by molar-refractivity contribution is 5.09. The fourth-order valence-corrected chi connectivity index (χ4v) is 1.48. The summed E-state index contributed by atoms with van der Waals surface area (Å²) < 4.78 is 238. The monoisotopic (exact) mass is 484 g/mol. The molecule has 0 aromatic carbocycles. The first kappa shape index (κ1) is 27.7. The standard InChI is InChI=1S/C10H3F19/c11-2(12)5(17,18)8(23,24)6(19,20)3(13,14)1-4(15,16)7(21,22)9(25,26)10(27,28)29/h2H,1H2. The lowest BCUT2D eigenvalue weighted by molar-refractivity contribution is -0.417. The predicted molar refractivity (Wildman–Crippen MR) is 51.3 cm³/mol. The molecule has 0 saturated carbocycles. The maximum atomic E-state index is 13.1. The Hall–Kier alpha value is -1.33. The van der Waals surface area contributed by atoms with Crippen molar-refractivity contribution >= 4 is 0 Å². The van der Waals surface area contributed by atoms with Gasteiger partial charge in [0.25, 0.3) is 0 Å². The van der Waals surface area contributed by atoms with Crippen LogP contribution in [0.25, 0.3) is 0 Å². The number of alkyl halides is 19. The first-order valence-corrected chi connectivity index (χ1v) is 6.14. The summed E-state index contributed by atoms with van der Waals surface area (Å²) in [5.41, 5.74) is 0. The average molecular weight is 484 g/mol. The molecule has 0 aliphatic heterocycles. The fraction of sp³-hybridized carbons (Fsp3) is 1.00. The molecule has 0 unspecified atom stereocenters. The van der Waals surface area contributed by atoms with E-state index in [0.717, 1.165) is 0 Å². The lowest BCUT2D eigenvalue weighted by Gasteiger charge is -2.39. The molecule has 176 valence electrons. The third-order valence-electron chi connectivity index (χ3n) is 3.20. The van der Waals surface area contributed by atoms with E-state index in [4.69, 9.17) is 0 Å². The van der Waals surface area contributed by atoms with Gasteiger partial charge in [0.2, 0.25) is 0 Å². The molecule has 19 heteroatoms. The smallest absolute Gasteiger partial charge is 0.203 e. The van der Waals surface area contributed by atoms with Crippen LogP contribution < -0.4 is 0 Å². The van der Waals surface area contributed by atoms with Gasteiger partial charge in [0.1, 0.15) is 0 Å². The van der Waals surface area contributed by atoms with Gasteiger partial charge in [-0.25, -0.2) is 8.78 Å². The molecule has 29 heavy (non-hydrogen) atoms. The van der Waals surface area contributed by atoms with E-state index in [1.54, 1.807) is 0 Å². The molecule has 0 spiro atoms. The lowest BCUT2D eigenvalue weighted by Crippen LogP contribution is -2.67. The predicted octanol–water partition coefficient (Wildman–Crippen LogP) is 6.65. The summed E-state index contributed by atoms with van der Waals surface area (Å²) in [5, 5.41) is 0. The Morgan fingerprint density at radius 1 is 0.414 bits per heavy atom. The summed E-state index contributed by atoms with van der Waals surface area (Å²) in [6.07, 6.45) is -18.4. The molecular weight excluding hydrogens is 481 g/mol. The maximum Gasteiger partial charge on any atom is 0.460 e. The van der Waals surface area contributed by atoms with Crippen LogP contribution in [0.2, 0.25) is 0 Å². The second-order valence-corrected chi connectivity index (χ2v) is 5.30. The highest BCUT2D eigenvalue weighted by Crippen LogP contribution is 2.60. The van der Waals surface area contributed by atoms with Crippen LogP contribution in [0.5, 0.6) is 0 Å². The highest BCUT2D eigenvalue weighted by Gasteiger charge is 2.87. The van der Waals surface area contributed by atoms with E-state index in [1.165, 1.54) is 0 Å². The van der Waals surface area contributed by atoms with Crippen molar-refractivity contribution in [1.29, 1.82) is 0 Å². The van der Waals surface area contributed by atoms with E-state index < -0.39 is 60.5 Å². The van der Waals surface area contributed by atoms with Crippen LogP contribution >= 0.6 is 0 Å². The van der Waals surface area contributed by atoms with Gasteiger partial charge in [0, 0.05) is 0 Å². The Balaban J connectivity index is 6.31. The molecule has 0 bridgehead atoms. The Morgan fingerprint density at radius 3 is 0.931 bits per heavy atom. The van der Waals surface area contributed by atoms with Crippen molar-refractivity contribution in [2.45, 2.75) is 60.5 Å². The second kappa shape index (κ2) is 6.84. The third-order valence-corrected chi connectivity index (χ3v) is 3.20. The minimum absolute atomic E-state index is 4.99. The van der Waals surface area contributed by atoms with E-state index in [0.29, 0.717) is 0 Å². The Kier molecular flexibility index (Phi) is 6.53. The van der Waals surface area contributed by atoms with Gasteiger partial charge in [0.05, 0.1) is 6.42 Å². The minimum atomic E-state index is -8.05. The van der Waals surface area contributed by atoms with E-state index in [1.807, 2.05) is 0 Å². The van der Waals surface area contributed by atoms with Crippen LogP contribution in [0.3, 0.4) is 0 Å². The van der Waals surface area contributed by atoms with Crippen LogP contribution in [0.4, 0.5) is 83.4 Å². The van der Waals surface area contributed by atoms with Crippen molar-refractivity contribution in [1.82, 2.24) is 0 Å². The molecule has 0 aromatic rings. The lowest BCUT2D eigenvalue weighted by atomic mass is 9.91. The van der Waals surface area contributed by atoms with E-state index in [9.17, 15) is 83.4 Å². The van der Waals surface area contributed by atoms with E-state index >= 15 is 0 Å². The number of hydrogen-bond acceptors (Lipinski definition) is 0. The van der Waals surface area contributed by atoms with Gasteiger partial charge in [-0.1, -0.05) is 0 Å². The molecule has 0 radical (unpaired) electrons. The normalized spacial score (nSPS) is 16.6. The zero-order chi connectivity index (χ0) is 24.3. The van der Waals surface area contributed by atoms with Gasteiger partial charge in [-0.05, 0) is 0 Å². The maximum absolute atomic E-state index is 13.1. The number of hydrogen-bond donors (Lipinski definition) is 0. The molecule has 0 aromatic heterocycles. The SMILES string of the molecule is FC(F)C(F)(F)C(F)(F)C(F)(F)C(F)(F)CC(F)(F)C(F)(F)C(F)(F)C(F)(F)F. The van der Waals surface area contributed by atoms with Crippen LogP contribution in [-0.2, 0) is 0 Å². The van der Waals surface area contributed by atoms with E-state index in [2.05, 4.69) is 0 Å². The summed E-state index contributed by atoms with van der Waals surface area (Å²) in [5.74, 6) is -54.5. The van der Waals surface area contributed by atoms with Crippen molar-refractivity contribution in [2.24, 2.45) is 0 Å². The van der Waals surface area contributed by atoms with Crippen LogP contribution in [0.15, 0.2) is 0 Å². The Bertz CT molecular complexity index is 580. The van der Waals surface area contributed by atoms with Crippen LogP contribution in [-0.4, -0.2) is 54.1 Å². The second-order valence-electron chi connectivity index (χ2n) is 5.30. The van der Waals surface area contributed by atoms with Gasteiger partial charge in [-0.2, -0.15) is 74.6 Å². The molecule has 0 aliphatic carbocycles. The molecule has 0 aliphatic rings. The number of rotatable bonds is 8. The molecule has 0 atom stereocenters. The van der Waals surface area contributed by atoms with Gasteiger partial charge in [0.15, 0.2) is 0 Å². The van der Waals surface area contributed by atoms with Crippen molar-refractivity contribution < 1.29 is 83.4 Å². The molecule has 0 rings (SSSR count). The zero-order valence-corrected chi connectivity index (χ0v) is 12.5. The van der Waals surface area contributed by atoms with Gasteiger partial charge in [-0.15, -0.1) is 0 Å². The largest absolute Gasteiger partial charge is 0.460 e.